The number of aliphatic hydroxyl groups excluding tert-OH is 1. The van der Waals surface area contributed by atoms with Gasteiger partial charge in [-0.15, -0.1) is 11.3 Å². The van der Waals surface area contributed by atoms with E-state index in [9.17, 15) is 5.11 Å². The van der Waals surface area contributed by atoms with Crippen LogP contribution >= 0.6 is 11.3 Å². The largest absolute Gasteiger partial charge is 0.397 e. The van der Waals surface area contributed by atoms with Crippen LogP contribution in [-0.2, 0) is 0 Å². The van der Waals surface area contributed by atoms with Gasteiger partial charge < -0.3 is 10.8 Å². The van der Waals surface area contributed by atoms with Crippen molar-refractivity contribution >= 4 is 27.2 Å². The number of thiophene rings is 1. The van der Waals surface area contributed by atoms with E-state index >= 15 is 0 Å². The van der Waals surface area contributed by atoms with Crippen LogP contribution in [0.3, 0.4) is 0 Å². The predicted octanol–water partition coefficient (Wildman–Crippen LogP) is 2.96. The van der Waals surface area contributed by atoms with Gasteiger partial charge in [0.25, 0.3) is 0 Å². The molecule has 16 heavy (non-hydrogen) atoms. The molecule has 1 atom stereocenters. The number of nitrogens with zero attached hydrogens (tertiary/aromatic N) is 1. The van der Waals surface area contributed by atoms with Crippen LogP contribution in [0, 0.1) is 5.92 Å². The number of pyridine rings is 1. The van der Waals surface area contributed by atoms with Gasteiger partial charge in [-0.3, -0.25) is 4.98 Å². The van der Waals surface area contributed by atoms with Gasteiger partial charge in [-0.25, -0.2) is 0 Å². The Labute approximate surface area is 98.9 Å². The van der Waals surface area contributed by atoms with Crippen molar-refractivity contribution in [2.75, 3.05) is 5.73 Å². The number of anilines is 1. The van der Waals surface area contributed by atoms with Crippen LogP contribution in [0.15, 0.2) is 17.6 Å². The molecule has 3 nitrogen and oxygen atoms in total. The zero-order valence-electron chi connectivity index (χ0n) is 9.47. The first kappa shape index (κ1) is 11.4. The summed E-state index contributed by atoms with van der Waals surface area (Å²) in [6.07, 6.45) is 1.86. The molecular weight excluding hydrogens is 220 g/mol. The first-order chi connectivity index (χ1) is 7.59. The van der Waals surface area contributed by atoms with Crippen molar-refractivity contribution in [1.29, 1.82) is 0 Å². The zero-order chi connectivity index (χ0) is 11.7. The summed E-state index contributed by atoms with van der Waals surface area (Å²) in [5.74, 6) is 0.442. The van der Waals surface area contributed by atoms with Crippen LogP contribution in [0.1, 0.15) is 31.9 Å². The summed E-state index contributed by atoms with van der Waals surface area (Å²) in [6.45, 7) is 4.18. The number of rotatable bonds is 3. The van der Waals surface area contributed by atoms with Gasteiger partial charge in [-0.05, 0) is 23.8 Å². The minimum Gasteiger partial charge on any atom is -0.397 e. The van der Waals surface area contributed by atoms with Gasteiger partial charge >= 0.3 is 0 Å². The number of nitrogen functional groups attached to an aromatic ring is 1. The number of aliphatic hydroxyl groups is 1. The highest BCUT2D eigenvalue weighted by molar-refractivity contribution is 7.17. The Morgan fingerprint density at radius 2 is 2.25 bits per heavy atom. The SMILES string of the molecule is CC(C)CC(O)c1c(N)cnc2ccsc12. The van der Waals surface area contributed by atoms with E-state index in [4.69, 9.17) is 5.73 Å². The number of nitrogens with two attached hydrogens (primary N) is 1. The molecule has 86 valence electrons. The van der Waals surface area contributed by atoms with E-state index in [1.54, 1.807) is 17.5 Å². The molecule has 0 aliphatic rings. The summed E-state index contributed by atoms with van der Waals surface area (Å²) in [6, 6.07) is 1.95. The molecule has 0 bridgehead atoms. The maximum atomic E-state index is 10.2. The van der Waals surface area contributed by atoms with Gasteiger partial charge in [0.2, 0.25) is 0 Å². The molecule has 4 heteroatoms. The second-order valence-electron chi connectivity index (χ2n) is 4.41. The number of fused-ring (bicyclic) bond motifs is 1. The highest BCUT2D eigenvalue weighted by atomic mass is 32.1. The highest BCUT2D eigenvalue weighted by Gasteiger charge is 2.17. The number of hydrogen-bond donors (Lipinski definition) is 2. The van der Waals surface area contributed by atoms with Crippen molar-refractivity contribution in [2.24, 2.45) is 5.92 Å². The summed E-state index contributed by atoms with van der Waals surface area (Å²) < 4.78 is 1.01. The minimum atomic E-state index is -0.496. The monoisotopic (exact) mass is 236 g/mol. The molecule has 0 aliphatic heterocycles. The van der Waals surface area contributed by atoms with Crippen LogP contribution in [0.4, 0.5) is 5.69 Å². The Hall–Kier alpha value is -1.13. The molecule has 3 N–H and O–H groups in total. The molecule has 0 spiro atoms. The second kappa shape index (κ2) is 4.39. The maximum Gasteiger partial charge on any atom is 0.0827 e. The molecule has 2 aromatic heterocycles. The molecule has 0 aliphatic carbocycles. The Morgan fingerprint density at radius 3 is 2.94 bits per heavy atom. The Balaban J connectivity index is 2.48. The third-order valence-electron chi connectivity index (χ3n) is 2.57. The molecule has 0 fully saturated rings. The smallest absolute Gasteiger partial charge is 0.0827 e. The zero-order valence-corrected chi connectivity index (χ0v) is 10.3. The Morgan fingerprint density at radius 1 is 1.50 bits per heavy atom. The van der Waals surface area contributed by atoms with Gasteiger partial charge in [0, 0.05) is 5.56 Å². The lowest BCUT2D eigenvalue weighted by Gasteiger charge is -2.16. The first-order valence-electron chi connectivity index (χ1n) is 5.39. The Kier molecular flexibility index (Phi) is 3.12. The fraction of sp³-hybridized carbons (Fsp3) is 0.417. The third-order valence-corrected chi connectivity index (χ3v) is 3.51. The van der Waals surface area contributed by atoms with E-state index in [-0.39, 0.29) is 0 Å². The Bertz CT molecular complexity index is 493. The molecule has 0 amide bonds. The molecule has 2 rings (SSSR count). The average Bonchev–Trinajstić information content (AvgIpc) is 2.63. The van der Waals surface area contributed by atoms with Crippen molar-refractivity contribution in [3.05, 3.63) is 23.2 Å². The van der Waals surface area contributed by atoms with Gasteiger partial charge in [-0.2, -0.15) is 0 Å². The molecule has 2 aromatic rings. The summed E-state index contributed by atoms with van der Waals surface area (Å²) in [4.78, 5) is 4.24. The van der Waals surface area contributed by atoms with E-state index in [2.05, 4.69) is 18.8 Å². The van der Waals surface area contributed by atoms with Crippen LogP contribution in [0.5, 0.6) is 0 Å². The fourth-order valence-electron chi connectivity index (χ4n) is 1.85. The lowest BCUT2D eigenvalue weighted by atomic mass is 9.99. The van der Waals surface area contributed by atoms with Gasteiger partial charge in [0.15, 0.2) is 0 Å². The van der Waals surface area contributed by atoms with Crippen molar-refractivity contribution in [3.63, 3.8) is 0 Å². The van der Waals surface area contributed by atoms with Crippen molar-refractivity contribution in [3.8, 4) is 0 Å². The lowest BCUT2D eigenvalue weighted by molar-refractivity contribution is 0.153. The maximum absolute atomic E-state index is 10.2. The van der Waals surface area contributed by atoms with Gasteiger partial charge in [0.1, 0.15) is 0 Å². The number of hydrogen-bond acceptors (Lipinski definition) is 4. The van der Waals surface area contributed by atoms with E-state index < -0.39 is 6.10 Å². The lowest BCUT2D eigenvalue weighted by Crippen LogP contribution is -2.06. The standard InChI is InChI=1S/C12H16N2OS/c1-7(2)5-10(15)11-8(13)6-14-9-3-4-16-12(9)11/h3-4,6-7,10,15H,5,13H2,1-2H3. The molecule has 0 radical (unpaired) electrons. The molecular formula is C12H16N2OS. The van der Waals surface area contributed by atoms with Crippen LogP contribution in [0.25, 0.3) is 10.2 Å². The summed E-state index contributed by atoms with van der Waals surface area (Å²) in [7, 11) is 0. The third kappa shape index (κ3) is 2.03. The van der Waals surface area contributed by atoms with E-state index in [1.165, 1.54) is 0 Å². The van der Waals surface area contributed by atoms with Crippen LogP contribution < -0.4 is 5.73 Å². The van der Waals surface area contributed by atoms with Crippen molar-refractivity contribution in [1.82, 2.24) is 4.98 Å². The summed E-state index contributed by atoms with van der Waals surface area (Å²) >= 11 is 1.58. The minimum absolute atomic E-state index is 0.442. The molecule has 1 unspecified atom stereocenters. The quantitative estimate of drug-likeness (QED) is 0.861. The molecule has 2 heterocycles. The van der Waals surface area contributed by atoms with Crippen LogP contribution in [0.2, 0.25) is 0 Å². The predicted molar refractivity (Wildman–Crippen MR) is 68.4 cm³/mol. The van der Waals surface area contributed by atoms with E-state index in [0.717, 1.165) is 22.2 Å². The topological polar surface area (TPSA) is 59.1 Å². The molecule has 0 saturated heterocycles. The van der Waals surface area contributed by atoms with Crippen molar-refractivity contribution in [2.45, 2.75) is 26.4 Å². The van der Waals surface area contributed by atoms with Gasteiger partial charge in [-0.1, -0.05) is 13.8 Å². The molecule has 0 aromatic carbocycles. The molecule has 0 saturated carbocycles. The second-order valence-corrected chi connectivity index (χ2v) is 5.32. The normalized spacial score (nSPS) is 13.5. The number of aromatic nitrogens is 1. The van der Waals surface area contributed by atoms with E-state index in [1.807, 2.05) is 11.4 Å². The van der Waals surface area contributed by atoms with Gasteiger partial charge in [0.05, 0.1) is 28.2 Å². The van der Waals surface area contributed by atoms with Crippen molar-refractivity contribution < 1.29 is 5.11 Å². The highest BCUT2D eigenvalue weighted by Crippen LogP contribution is 2.34. The fourth-order valence-corrected chi connectivity index (χ4v) is 2.81. The van der Waals surface area contributed by atoms with E-state index in [0.29, 0.717) is 11.6 Å². The van der Waals surface area contributed by atoms with Crippen LogP contribution in [-0.4, -0.2) is 10.1 Å². The first-order valence-corrected chi connectivity index (χ1v) is 6.27. The summed E-state index contributed by atoms with van der Waals surface area (Å²) in [5.41, 5.74) is 8.25. The average molecular weight is 236 g/mol. The summed E-state index contributed by atoms with van der Waals surface area (Å²) in [5, 5.41) is 12.2.